The Morgan fingerprint density at radius 3 is 2.20 bits per heavy atom. The quantitative estimate of drug-likeness (QED) is 0.653. The summed E-state index contributed by atoms with van der Waals surface area (Å²) >= 11 is 0. The van der Waals surface area contributed by atoms with Gasteiger partial charge in [-0.1, -0.05) is 12.1 Å². The lowest BCUT2D eigenvalue weighted by Crippen LogP contribution is -2.41. The van der Waals surface area contributed by atoms with Crippen LogP contribution in [0.4, 0.5) is 0 Å². The summed E-state index contributed by atoms with van der Waals surface area (Å²) in [5, 5.41) is 2.44. The van der Waals surface area contributed by atoms with E-state index in [2.05, 4.69) is 10.7 Å². The Kier molecular flexibility index (Phi) is 5.73. The Bertz CT molecular complexity index is 879. The molecule has 0 bridgehead atoms. The molecule has 0 heterocycles. The van der Waals surface area contributed by atoms with Crippen LogP contribution < -0.4 is 20.3 Å². The number of rotatable bonds is 6. The minimum Gasteiger partial charge on any atom is -0.496 e. The second-order valence-electron chi connectivity index (χ2n) is 4.86. The van der Waals surface area contributed by atoms with Crippen LogP contribution in [0.1, 0.15) is 20.7 Å². The number of hydrogen-bond donors (Lipinski definition) is 3. The molecular formula is C16H17N3O5S. The minimum atomic E-state index is -3.99. The summed E-state index contributed by atoms with van der Waals surface area (Å²) in [7, 11) is -1.11. The molecule has 0 aliphatic rings. The molecule has 2 aromatic carbocycles. The molecule has 0 unspecified atom stereocenters. The Labute approximate surface area is 145 Å². The van der Waals surface area contributed by atoms with Crippen LogP contribution in [-0.4, -0.2) is 34.4 Å². The predicted octanol–water partition coefficient (Wildman–Crippen LogP) is 0.678. The van der Waals surface area contributed by atoms with E-state index >= 15 is 0 Å². The van der Waals surface area contributed by atoms with Crippen molar-refractivity contribution in [2.24, 2.45) is 0 Å². The lowest BCUT2D eigenvalue weighted by atomic mass is 10.2. The summed E-state index contributed by atoms with van der Waals surface area (Å²) in [6, 6.07) is 11.7. The molecule has 0 spiro atoms. The number of ether oxygens (including phenoxy) is 1. The molecule has 8 nitrogen and oxygen atoms in total. The number of methoxy groups -OCH3 is 1. The predicted molar refractivity (Wildman–Crippen MR) is 90.6 cm³/mol. The van der Waals surface area contributed by atoms with Gasteiger partial charge in [0.2, 0.25) is 0 Å². The Hall–Kier alpha value is -2.91. The molecule has 0 aliphatic carbocycles. The molecular weight excluding hydrogens is 346 g/mol. The van der Waals surface area contributed by atoms with Crippen molar-refractivity contribution in [3.05, 3.63) is 59.7 Å². The number of benzene rings is 2. The van der Waals surface area contributed by atoms with Crippen LogP contribution >= 0.6 is 0 Å². The fourth-order valence-corrected chi connectivity index (χ4v) is 2.84. The fraction of sp³-hybridized carbons (Fsp3) is 0.125. The summed E-state index contributed by atoms with van der Waals surface area (Å²) in [6.45, 7) is 0. The maximum absolute atomic E-state index is 12.2. The molecule has 2 aromatic rings. The average molecular weight is 363 g/mol. The second kappa shape index (κ2) is 7.77. The van der Waals surface area contributed by atoms with Gasteiger partial charge in [-0.05, 0) is 36.4 Å². The third-order valence-corrected chi connectivity index (χ3v) is 4.57. The van der Waals surface area contributed by atoms with Crippen LogP contribution in [-0.2, 0) is 10.0 Å². The van der Waals surface area contributed by atoms with Gasteiger partial charge < -0.3 is 10.1 Å². The van der Waals surface area contributed by atoms with Gasteiger partial charge in [-0.2, -0.15) is 0 Å². The number of sulfonamides is 1. The third kappa shape index (κ3) is 4.34. The van der Waals surface area contributed by atoms with Gasteiger partial charge in [-0.3, -0.25) is 15.0 Å². The van der Waals surface area contributed by atoms with E-state index in [9.17, 15) is 18.0 Å². The smallest absolute Gasteiger partial charge is 0.270 e. The molecule has 2 rings (SSSR count). The molecule has 0 aliphatic heterocycles. The van der Waals surface area contributed by atoms with Crippen LogP contribution in [0.2, 0.25) is 0 Å². The monoisotopic (exact) mass is 363 g/mol. The molecule has 25 heavy (non-hydrogen) atoms. The van der Waals surface area contributed by atoms with E-state index < -0.39 is 15.9 Å². The van der Waals surface area contributed by atoms with Crippen LogP contribution in [0.5, 0.6) is 5.75 Å². The largest absolute Gasteiger partial charge is 0.496 e. The molecule has 0 atom stereocenters. The first kappa shape index (κ1) is 18.4. The van der Waals surface area contributed by atoms with E-state index in [4.69, 9.17) is 4.74 Å². The maximum atomic E-state index is 12.2. The number of hydrazine groups is 1. The maximum Gasteiger partial charge on any atom is 0.270 e. The van der Waals surface area contributed by atoms with Crippen LogP contribution in [0, 0.1) is 0 Å². The Morgan fingerprint density at radius 2 is 1.60 bits per heavy atom. The van der Waals surface area contributed by atoms with Crippen molar-refractivity contribution >= 4 is 21.8 Å². The summed E-state index contributed by atoms with van der Waals surface area (Å²) in [4.78, 5) is 25.5. The number of nitrogens with one attached hydrogen (secondary N) is 3. The highest BCUT2D eigenvalue weighted by Gasteiger charge is 2.18. The zero-order chi connectivity index (χ0) is 18.4. The summed E-state index contributed by atoms with van der Waals surface area (Å²) in [5.41, 5.74) is 2.63. The van der Waals surface area contributed by atoms with Crippen molar-refractivity contribution < 1.29 is 22.7 Å². The number of carbonyl (C=O) groups is 2. The minimum absolute atomic E-state index is 0.0968. The molecule has 9 heteroatoms. The first-order valence-electron chi connectivity index (χ1n) is 7.16. The van der Waals surface area contributed by atoms with Gasteiger partial charge in [0, 0.05) is 12.6 Å². The second-order valence-corrected chi connectivity index (χ2v) is 6.55. The molecule has 0 saturated heterocycles. The van der Waals surface area contributed by atoms with Gasteiger partial charge in [0.15, 0.2) is 0 Å². The molecule has 3 N–H and O–H groups in total. The van der Waals surface area contributed by atoms with E-state index in [1.54, 1.807) is 18.2 Å². The Morgan fingerprint density at radius 1 is 0.960 bits per heavy atom. The third-order valence-electron chi connectivity index (χ3n) is 3.30. The highest BCUT2D eigenvalue weighted by molar-refractivity contribution is 7.89. The average Bonchev–Trinajstić information content (AvgIpc) is 2.65. The van der Waals surface area contributed by atoms with Crippen LogP contribution in [0.25, 0.3) is 0 Å². The van der Waals surface area contributed by atoms with Gasteiger partial charge in [0.05, 0.1) is 17.6 Å². The van der Waals surface area contributed by atoms with Crippen molar-refractivity contribution in [3.8, 4) is 5.75 Å². The number of para-hydroxylation sites is 1. The van der Waals surface area contributed by atoms with Crippen molar-refractivity contribution in [3.63, 3.8) is 0 Å². The molecule has 0 fully saturated rings. The zero-order valence-corrected chi connectivity index (χ0v) is 14.4. The van der Waals surface area contributed by atoms with Gasteiger partial charge in [-0.25, -0.2) is 8.42 Å². The summed E-state index contributed by atoms with van der Waals surface area (Å²) in [6.07, 6.45) is 0. The molecule has 0 aromatic heterocycles. The van der Waals surface area contributed by atoms with E-state index in [0.29, 0.717) is 11.3 Å². The van der Waals surface area contributed by atoms with Crippen molar-refractivity contribution in [2.75, 3.05) is 14.2 Å². The number of carbonyl (C=O) groups excluding carboxylic acids is 2. The SMILES string of the molecule is CNC(=O)c1ccc(S(=O)(=O)NNC(=O)c2ccccc2OC)cc1. The molecule has 0 saturated carbocycles. The standard InChI is InChI=1S/C16H17N3O5S/c1-17-15(20)11-7-9-12(10-8-11)25(22,23)19-18-16(21)13-5-3-4-6-14(13)24-2/h3-10,19H,1-2H3,(H,17,20)(H,18,21). The van der Waals surface area contributed by atoms with Crippen molar-refractivity contribution in [1.82, 2.24) is 15.6 Å². The number of amides is 2. The summed E-state index contributed by atoms with van der Waals surface area (Å²) < 4.78 is 29.5. The van der Waals surface area contributed by atoms with E-state index in [0.717, 1.165) is 0 Å². The zero-order valence-electron chi connectivity index (χ0n) is 13.6. The molecule has 0 radical (unpaired) electrons. The van der Waals surface area contributed by atoms with Crippen LogP contribution in [0.3, 0.4) is 0 Å². The van der Waals surface area contributed by atoms with Gasteiger partial charge in [0.1, 0.15) is 5.75 Å². The van der Waals surface area contributed by atoms with Gasteiger partial charge in [0.25, 0.3) is 21.8 Å². The van der Waals surface area contributed by atoms with Crippen molar-refractivity contribution in [1.29, 1.82) is 0 Å². The van der Waals surface area contributed by atoms with Gasteiger partial charge in [-0.15, -0.1) is 4.83 Å². The first-order chi connectivity index (χ1) is 11.9. The van der Waals surface area contributed by atoms with Gasteiger partial charge >= 0.3 is 0 Å². The lowest BCUT2D eigenvalue weighted by molar-refractivity contribution is 0.0939. The normalized spacial score (nSPS) is 10.8. The van der Waals surface area contributed by atoms with E-state index in [1.165, 1.54) is 44.5 Å². The van der Waals surface area contributed by atoms with E-state index in [1.807, 2.05) is 4.83 Å². The topological polar surface area (TPSA) is 114 Å². The van der Waals surface area contributed by atoms with E-state index in [-0.39, 0.29) is 16.4 Å². The Balaban J connectivity index is 2.11. The summed E-state index contributed by atoms with van der Waals surface area (Å²) in [5.74, 6) is -0.682. The lowest BCUT2D eigenvalue weighted by Gasteiger charge is -2.11. The van der Waals surface area contributed by atoms with Crippen molar-refractivity contribution in [2.45, 2.75) is 4.90 Å². The number of hydrogen-bond acceptors (Lipinski definition) is 5. The molecule has 2 amide bonds. The fourth-order valence-electron chi connectivity index (χ4n) is 2.00. The van der Waals surface area contributed by atoms with Crippen LogP contribution in [0.15, 0.2) is 53.4 Å². The highest BCUT2D eigenvalue weighted by atomic mass is 32.2. The highest BCUT2D eigenvalue weighted by Crippen LogP contribution is 2.17. The first-order valence-corrected chi connectivity index (χ1v) is 8.64. The molecule has 132 valence electrons.